The van der Waals surface area contributed by atoms with Gasteiger partial charge in [0.15, 0.2) is 6.54 Å². The van der Waals surface area contributed by atoms with Gasteiger partial charge in [0.25, 0.3) is 11.8 Å². The summed E-state index contributed by atoms with van der Waals surface area (Å²) in [4.78, 5) is 39.3. The molecule has 25 heavy (non-hydrogen) atoms. The van der Waals surface area contributed by atoms with Crippen LogP contribution in [0.25, 0.3) is 0 Å². The first kappa shape index (κ1) is 17.9. The molecule has 1 unspecified atom stereocenters. The molecular formula is C17H25N4O3S+. The molecule has 1 aromatic rings. The molecule has 1 saturated carbocycles. The quantitative estimate of drug-likeness (QED) is 0.656. The fourth-order valence-electron chi connectivity index (χ4n) is 3.53. The van der Waals surface area contributed by atoms with Crippen molar-refractivity contribution in [1.29, 1.82) is 0 Å². The second-order valence-electron chi connectivity index (χ2n) is 7.26. The molecule has 3 rings (SSSR count). The second-order valence-corrected chi connectivity index (χ2v) is 8.29. The van der Waals surface area contributed by atoms with Crippen LogP contribution in [-0.4, -0.2) is 42.0 Å². The van der Waals surface area contributed by atoms with Gasteiger partial charge in [-0.3, -0.25) is 15.0 Å². The fraction of sp³-hybridized carbons (Fsp3) is 0.588. The van der Waals surface area contributed by atoms with Gasteiger partial charge in [0.2, 0.25) is 0 Å². The predicted octanol–water partition coefficient (Wildman–Crippen LogP) is 0.295. The first-order valence-electron chi connectivity index (χ1n) is 8.69. The van der Waals surface area contributed by atoms with Gasteiger partial charge in [-0.2, -0.15) is 5.01 Å². The first-order chi connectivity index (χ1) is 11.9. The van der Waals surface area contributed by atoms with Crippen molar-refractivity contribution in [3.8, 4) is 0 Å². The number of hydrazine groups is 1. The van der Waals surface area contributed by atoms with Gasteiger partial charge in [-0.1, -0.05) is 13.0 Å². The van der Waals surface area contributed by atoms with Crippen LogP contribution in [0.1, 0.15) is 37.5 Å². The third-order valence-electron chi connectivity index (χ3n) is 5.04. The Balaban J connectivity index is 1.56. The second kappa shape index (κ2) is 7.13. The van der Waals surface area contributed by atoms with Crippen LogP contribution in [0.15, 0.2) is 17.5 Å². The topological polar surface area (TPSA) is 83.0 Å². The number of carbonyl (C=O) groups excluding carboxylic acids is 3. The molecule has 0 aromatic carbocycles. The van der Waals surface area contributed by atoms with E-state index in [1.54, 1.807) is 11.3 Å². The minimum Gasteiger partial charge on any atom is -0.325 e. The van der Waals surface area contributed by atoms with Gasteiger partial charge >= 0.3 is 6.03 Å². The molecule has 0 bridgehead atoms. The van der Waals surface area contributed by atoms with Gasteiger partial charge in [-0.05, 0) is 43.0 Å². The lowest BCUT2D eigenvalue weighted by atomic mass is 9.77. The summed E-state index contributed by atoms with van der Waals surface area (Å²) in [5.74, 6) is -0.0964. The summed E-state index contributed by atoms with van der Waals surface area (Å²) in [6.45, 7) is 3.08. The van der Waals surface area contributed by atoms with E-state index in [-0.39, 0.29) is 18.4 Å². The number of likely N-dealkylation sites (N-methyl/N-ethyl adjacent to an activating group) is 1. The average Bonchev–Trinajstić information content (AvgIpc) is 3.13. The van der Waals surface area contributed by atoms with Crippen LogP contribution in [-0.2, 0) is 16.1 Å². The molecule has 8 heteroatoms. The molecule has 3 N–H and O–H groups in total. The number of urea groups is 1. The number of quaternary nitrogens is 1. The fourth-order valence-corrected chi connectivity index (χ4v) is 4.35. The maximum atomic E-state index is 12.7. The van der Waals surface area contributed by atoms with Crippen molar-refractivity contribution in [2.45, 2.75) is 44.7 Å². The van der Waals surface area contributed by atoms with Gasteiger partial charge in [-0.25, -0.2) is 4.79 Å². The molecular weight excluding hydrogens is 340 g/mol. The lowest BCUT2D eigenvalue weighted by Gasteiger charge is -2.33. The lowest BCUT2D eigenvalue weighted by molar-refractivity contribution is -0.885. The highest BCUT2D eigenvalue weighted by molar-refractivity contribution is 7.09. The molecule has 1 aromatic heterocycles. The van der Waals surface area contributed by atoms with E-state index < -0.39 is 11.6 Å². The van der Waals surface area contributed by atoms with Gasteiger partial charge in [0, 0.05) is 0 Å². The highest BCUT2D eigenvalue weighted by Gasteiger charge is 2.52. The number of rotatable bonds is 5. The number of amides is 4. The molecule has 1 spiro atoms. The van der Waals surface area contributed by atoms with Crippen LogP contribution < -0.4 is 15.6 Å². The van der Waals surface area contributed by atoms with Crippen LogP contribution >= 0.6 is 11.3 Å². The van der Waals surface area contributed by atoms with E-state index in [0.717, 1.165) is 29.3 Å². The van der Waals surface area contributed by atoms with E-state index in [9.17, 15) is 14.4 Å². The van der Waals surface area contributed by atoms with Crippen LogP contribution in [0.5, 0.6) is 0 Å². The summed E-state index contributed by atoms with van der Waals surface area (Å²) in [5, 5.41) is 5.67. The molecule has 136 valence electrons. The minimum atomic E-state index is -0.827. The summed E-state index contributed by atoms with van der Waals surface area (Å²) in [6.07, 6.45) is 3.08. The van der Waals surface area contributed by atoms with Crippen molar-refractivity contribution in [2.24, 2.45) is 5.92 Å². The minimum absolute atomic E-state index is 0.193. The van der Waals surface area contributed by atoms with E-state index in [0.29, 0.717) is 18.8 Å². The summed E-state index contributed by atoms with van der Waals surface area (Å²) < 4.78 is 0. The third-order valence-corrected chi connectivity index (χ3v) is 5.92. The molecule has 1 aliphatic heterocycles. The van der Waals surface area contributed by atoms with E-state index in [4.69, 9.17) is 0 Å². The number of imide groups is 1. The van der Waals surface area contributed by atoms with Gasteiger partial charge in [0.05, 0.1) is 11.9 Å². The van der Waals surface area contributed by atoms with Crippen LogP contribution in [0.4, 0.5) is 4.79 Å². The Kier molecular flexibility index (Phi) is 5.10. The standard InChI is InChI=1S/C17H24N4O3S/c1-12-5-7-17(8-6-12)15(23)21(16(24)18-17)19-14(22)11-20(2)10-13-4-3-9-25-13/h3-4,9,12H,5-8,10-11H2,1-2H3,(H,18,24)(H,19,22)/p+1. The van der Waals surface area contributed by atoms with Crippen molar-refractivity contribution in [3.05, 3.63) is 22.4 Å². The van der Waals surface area contributed by atoms with Crippen molar-refractivity contribution in [2.75, 3.05) is 13.6 Å². The Morgan fingerprint density at radius 3 is 2.80 bits per heavy atom. The Bertz CT molecular complexity index is 653. The summed E-state index contributed by atoms with van der Waals surface area (Å²) in [7, 11) is 1.91. The zero-order valence-electron chi connectivity index (χ0n) is 14.6. The maximum absolute atomic E-state index is 12.7. The number of hydrogen-bond donors (Lipinski definition) is 3. The van der Waals surface area contributed by atoms with Crippen molar-refractivity contribution < 1.29 is 19.3 Å². The van der Waals surface area contributed by atoms with Gasteiger partial charge < -0.3 is 10.2 Å². The smallest absolute Gasteiger partial charge is 0.325 e. The predicted molar refractivity (Wildman–Crippen MR) is 93.7 cm³/mol. The Labute approximate surface area is 151 Å². The van der Waals surface area contributed by atoms with E-state index in [2.05, 4.69) is 17.7 Å². The average molecular weight is 365 g/mol. The number of carbonyl (C=O) groups is 3. The first-order valence-corrected chi connectivity index (χ1v) is 9.57. The summed E-state index contributed by atoms with van der Waals surface area (Å²) in [6, 6.07) is 3.48. The maximum Gasteiger partial charge on any atom is 0.344 e. The molecule has 1 atom stereocenters. The highest BCUT2D eigenvalue weighted by atomic mass is 32.1. The molecule has 1 saturated heterocycles. The monoisotopic (exact) mass is 365 g/mol. The lowest BCUT2D eigenvalue weighted by Crippen LogP contribution is -3.09. The van der Waals surface area contributed by atoms with Crippen molar-refractivity contribution >= 4 is 29.2 Å². The summed E-state index contributed by atoms with van der Waals surface area (Å²) >= 11 is 1.65. The largest absolute Gasteiger partial charge is 0.344 e. The van der Waals surface area contributed by atoms with Crippen LogP contribution in [0, 0.1) is 5.92 Å². The molecule has 4 amide bonds. The SMILES string of the molecule is CC1CCC2(CC1)NC(=O)N(NC(=O)C[NH+](C)Cc1cccs1)C2=O. The zero-order valence-corrected chi connectivity index (χ0v) is 15.4. The number of hydrogen-bond acceptors (Lipinski definition) is 4. The third kappa shape index (κ3) is 3.85. The van der Waals surface area contributed by atoms with Crippen LogP contribution in [0.3, 0.4) is 0 Å². The molecule has 7 nitrogen and oxygen atoms in total. The Morgan fingerprint density at radius 1 is 1.44 bits per heavy atom. The molecule has 2 aliphatic rings. The normalized spacial score (nSPS) is 27.4. The van der Waals surface area contributed by atoms with Crippen molar-refractivity contribution in [1.82, 2.24) is 15.8 Å². The van der Waals surface area contributed by atoms with Crippen molar-refractivity contribution in [3.63, 3.8) is 0 Å². The summed E-state index contributed by atoms with van der Waals surface area (Å²) in [5.41, 5.74) is 1.66. The van der Waals surface area contributed by atoms with E-state index in [1.165, 1.54) is 4.88 Å². The van der Waals surface area contributed by atoms with E-state index in [1.807, 2.05) is 24.6 Å². The molecule has 0 radical (unpaired) electrons. The highest BCUT2D eigenvalue weighted by Crippen LogP contribution is 2.35. The van der Waals surface area contributed by atoms with Gasteiger partial charge in [-0.15, -0.1) is 11.3 Å². The van der Waals surface area contributed by atoms with E-state index >= 15 is 0 Å². The molecule has 1 aliphatic carbocycles. The molecule has 2 fully saturated rings. The number of nitrogens with one attached hydrogen (secondary N) is 3. The number of nitrogens with zero attached hydrogens (tertiary/aromatic N) is 1. The Morgan fingerprint density at radius 2 is 2.16 bits per heavy atom. The van der Waals surface area contributed by atoms with Crippen LogP contribution in [0.2, 0.25) is 0 Å². The number of thiophene rings is 1. The van der Waals surface area contributed by atoms with Gasteiger partial charge in [0.1, 0.15) is 12.1 Å². The molecule has 2 heterocycles. The zero-order chi connectivity index (χ0) is 18.0. The Hall–Kier alpha value is -1.93.